The highest BCUT2D eigenvalue weighted by molar-refractivity contribution is 5.41. The second kappa shape index (κ2) is 6.92. The number of nitrogens with zero attached hydrogens (tertiary/aromatic N) is 1. The molecule has 0 spiro atoms. The van der Waals surface area contributed by atoms with E-state index in [0.29, 0.717) is 0 Å². The predicted molar refractivity (Wildman–Crippen MR) is 80.1 cm³/mol. The third-order valence-electron chi connectivity index (χ3n) is 3.98. The first-order chi connectivity index (χ1) is 9.20. The highest BCUT2D eigenvalue weighted by Crippen LogP contribution is 2.23. The van der Waals surface area contributed by atoms with E-state index in [4.69, 9.17) is 4.74 Å². The van der Waals surface area contributed by atoms with Crippen LogP contribution in [0.4, 0.5) is 0 Å². The highest BCUT2D eigenvalue weighted by Gasteiger charge is 2.09. The molecule has 0 radical (unpaired) electrons. The number of nitrogens with one attached hydrogen (secondary N) is 1. The topological polar surface area (TPSA) is 24.5 Å². The lowest BCUT2D eigenvalue weighted by Gasteiger charge is -2.27. The van der Waals surface area contributed by atoms with E-state index in [2.05, 4.69) is 36.2 Å². The molecule has 0 unspecified atom stereocenters. The van der Waals surface area contributed by atoms with Gasteiger partial charge in [0.15, 0.2) is 0 Å². The van der Waals surface area contributed by atoms with Gasteiger partial charge in [-0.15, -0.1) is 0 Å². The summed E-state index contributed by atoms with van der Waals surface area (Å²) in [6.45, 7) is 10.2. The van der Waals surface area contributed by atoms with Gasteiger partial charge in [-0.25, -0.2) is 0 Å². The number of piperazine rings is 1. The maximum Gasteiger partial charge on any atom is 0.122 e. The maximum absolute atomic E-state index is 5.37. The second-order valence-electron chi connectivity index (χ2n) is 5.44. The summed E-state index contributed by atoms with van der Waals surface area (Å²) < 4.78 is 5.37. The predicted octanol–water partition coefficient (Wildman–Crippen LogP) is 2.15. The first kappa shape index (κ1) is 14.4. The average Bonchev–Trinajstić information content (AvgIpc) is 2.43. The Morgan fingerprint density at radius 3 is 2.58 bits per heavy atom. The van der Waals surface area contributed by atoms with Crippen molar-refractivity contribution in [2.45, 2.75) is 26.7 Å². The Morgan fingerprint density at radius 1 is 1.16 bits per heavy atom. The molecule has 0 atom stereocenters. The van der Waals surface area contributed by atoms with Gasteiger partial charge in [0.2, 0.25) is 0 Å². The number of benzene rings is 1. The molecule has 1 heterocycles. The van der Waals surface area contributed by atoms with Crippen molar-refractivity contribution < 1.29 is 4.74 Å². The van der Waals surface area contributed by atoms with Crippen LogP contribution in [0.25, 0.3) is 0 Å². The Balaban J connectivity index is 1.86. The second-order valence-corrected chi connectivity index (χ2v) is 5.44. The van der Waals surface area contributed by atoms with E-state index in [9.17, 15) is 0 Å². The van der Waals surface area contributed by atoms with Crippen LogP contribution in [0, 0.1) is 13.8 Å². The molecule has 1 N–H and O–H groups in total. The first-order valence-electron chi connectivity index (χ1n) is 7.28. The van der Waals surface area contributed by atoms with Crippen molar-refractivity contribution in [3.63, 3.8) is 0 Å². The number of ether oxygens (including phenoxy) is 1. The summed E-state index contributed by atoms with van der Waals surface area (Å²) in [5, 5.41) is 3.40. The van der Waals surface area contributed by atoms with Crippen LogP contribution in [0.1, 0.15) is 23.1 Å². The fourth-order valence-electron chi connectivity index (χ4n) is 2.77. The quantitative estimate of drug-likeness (QED) is 0.880. The van der Waals surface area contributed by atoms with Crippen LogP contribution in [0.15, 0.2) is 12.1 Å². The minimum atomic E-state index is 1.00. The molecule has 0 saturated carbocycles. The lowest BCUT2D eigenvalue weighted by molar-refractivity contribution is 0.238. The largest absolute Gasteiger partial charge is 0.496 e. The van der Waals surface area contributed by atoms with Crippen LogP contribution in [0.2, 0.25) is 0 Å². The van der Waals surface area contributed by atoms with Crippen molar-refractivity contribution in [1.82, 2.24) is 10.2 Å². The van der Waals surface area contributed by atoms with Gasteiger partial charge in [-0.2, -0.15) is 0 Å². The summed E-state index contributed by atoms with van der Waals surface area (Å²) in [4.78, 5) is 2.56. The Morgan fingerprint density at radius 2 is 1.89 bits per heavy atom. The molecule has 3 nitrogen and oxygen atoms in total. The van der Waals surface area contributed by atoms with E-state index < -0.39 is 0 Å². The first-order valence-corrected chi connectivity index (χ1v) is 7.28. The van der Waals surface area contributed by atoms with E-state index in [1.807, 2.05) is 0 Å². The molecular weight excluding hydrogens is 236 g/mol. The van der Waals surface area contributed by atoms with Crippen LogP contribution in [0.3, 0.4) is 0 Å². The van der Waals surface area contributed by atoms with E-state index in [0.717, 1.165) is 18.8 Å². The van der Waals surface area contributed by atoms with Crippen molar-refractivity contribution >= 4 is 0 Å². The fraction of sp³-hybridized carbons (Fsp3) is 0.625. The van der Waals surface area contributed by atoms with Crippen LogP contribution < -0.4 is 10.1 Å². The van der Waals surface area contributed by atoms with Crippen LogP contribution in [-0.4, -0.2) is 44.7 Å². The lowest BCUT2D eigenvalue weighted by atomic mass is 10.0. The Hall–Kier alpha value is -1.06. The van der Waals surface area contributed by atoms with E-state index in [1.165, 1.54) is 49.2 Å². The summed E-state index contributed by atoms with van der Waals surface area (Å²) in [5.74, 6) is 1.00. The number of rotatable bonds is 5. The van der Waals surface area contributed by atoms with Gasteiger partial charge in [0, 0.05) is 26.2 Å². The maximum atomic E-state index is 5.37. The summed E-state index contributed by atoms with van der Waals surface area (Å²) in [7, 11) is 1.74. The van der Waals surface area contributed by atoms with Crippen molar-refractivity contribution in [3.05, 3.63) is 28.8 Å². The molecule has 106 valence electrons. The zero-order valence-corrected chi connectivity index (χ0v) is 12.5. The third-order valence-corrected chi connectivity index (χ3v) is 3.98. The Bertz CT molecular complexity index is 411. The van der Waals surface area contributed by atoms with Gasteiger partial charge < -0.3 is 15.0 Å². The van der Waals surface area contributed by atoms with E-state index >= 15 is 0 Å². The fourth-order valence-corrected chi connectivity index (χ4v) is 2.77. The summed E-state index contributed by atoms with van der Waals surface area (Å²) in [5.41, 5.74) is 4.06. The van der Waals surface area contributed by atoms with Gasteiger partial charge in [-0.05, 0) is 56.0 Å². The molecular formula is C16H26N2O. The zero-order valence-electron chi connectivity index (χ0n) is 12.5. The minimum absolute atomic E-state index is 1.00. The normalized spacial score (nSPS) is 16.6. The standard InChI is InChI=1S/C16H26N2O/c1-13-12-16(19-3)14(2)11-15(13)5-4-8-18-9-6-17-7-10-18/h11-12,17H,4-10H2,1-3H3. The van der Waals surface area contributed by atoms with Crippen molar-refractivity contribution in [3.8, 4) is 5.75 Å². The van der Waals surface area contributed by atoms with Crippen molar-refractivity contribution in [1.29, 1.82) is 0 Å². The summed E-state index contributed by atoms with van der Waals surface area (Å²) in [6, 6.07) is 4.45. The number of aryl methyl sites for hydroxylation is 3. The Kier molecular flexibility index (Phi) is 5.23. The summed E-state index contributed by atoms with van der Waals surface area (Å²) >= 11 is 0. The molecule has 0 aliphatic carbocycles. The van der Waals surface area contributed by atoms with Gasteiger partial charge in [0.25, 0.3) is 0 Å². The SMILES string of the molecule is COc1cc(C)c(CCCN2CCNCC2)cc1C. The monoisotopic (exact) mass is 262 g/mol. The molecule has 1 aromatic carbocycles. The molecule has 1 saturated heterocycles. The molecule has 1 fully saturated rings. The van der Waals surface area contributed by atoms with E-state index in [1.54, 1.807) is 7.11 Å². The molecule has 2 rings (SSSR count). The highest BCUT2D eigenvalue weighted by atomic mass is 16.5. The van der Waals surface area contributed by atoms with E-state index in [-0.39, 0.29) is 0 Å². The van der Waals surface area contributed by atoms with Gasteiger partial charge in [0.05, 0.1) is 7.11 Å². The molecule has 3 heteroatoms. The summed E-state index contributed by atoms with van der Waals surface area (Å²) in [6.07, 6.45) is 2.41. The third kappa shape index (κ3) is 3.95. The van der Waals surface area contributed by atoms with Gasteiger partial charge >= 0.3 is 0 Å². The molecule has 0 aromatic heterocycles. The number of hydrogen-bond donors (Lipinski definition) is 1. The molecule has 1 aliphatic heterocycles. The van der Waals surface area contributed by atoms with Gasteiger partial charge in [-0.3, -0.25) is 0 Å². The average molecular weight is 262 g/mol. The van der Waals surface area contributed by atoms with Crippen LogP contribution >= 0.6 is 0 Å². The van der Waals surface area contributed by atoms with Crippen molar-refractivity contribution in [2.75, 3.05) is 39.8 Å². The smallest absolute Gasteiger partial charge is 0.122 e. The van der Waals surface area contributed by atoms with Crippen LogP contribution in [-0.2, 0) is 6.42 Å². The van der Waals surface area contributed by atoms with Gasteiger partial charge in [-0.1, -0.05) is 6.07 Å². The Labute approximate surface area is 116 Å². The molecule has 0 amide bonds. The molecule has 1 aliphatic rings. The van der Waals surface area contributed by atoms with Crippen LogP contribution in [0.5, 0.6) is 5.75 Å². The van der Waals surface area contributed by atoms with Gasteiger partial charge in [0.1, 0.15) is 5.75 Å². The number of methoxy groups -OCH3 is 1. The van der Waals surface area contributed by atoms with Crippen molar-refractivity contribution in [2.24, 2.45) is 0 Å². The minimum Gasteiger partial charge on any atom is -0.496 e. The number of hydrogen-bond acceptors (Lipinski definition) is 3. The lowest BCUT2D eigenvalue weighted by Crippen LogP contribution is -2.43. The molecule has 0 bridgehead atoms. The molecule has 19 heavy (non-hydrogen) atoms. The zero-order chi connectivity index (χ0) is 13.7. The molecule has 1 aromatic rings.